The molecule has 2 saturated carbocycles. The average Bonchev–Trinajstić information content (AvgIpc) is 3.22. The lowest BCUT2D eigenvalue weighted by molar-refractivity contribution is -0.123. The van der Waals surface area contributed by atoms with E-state index >= 15 is 0 Å². The van der Waals surface area contributed by atoms with Gasteiger partial charge in [0.1, 0.15) is 5.78 Å². The van der Waals surface area contributed by atoms with E-state index in [2.05, 4.69) is 74.1 Å². The Bertz CT molecular complexity index is 940. The van der Waals surface area contributed by atoms with Crippen molar-refractivity contribution >= 4 is 24.5 Å². The standard InChI is InChI=1S/C26H31NO3Si/c1-25(2,3)31(19-11-7-5-8-12-19,20-13-9-6-10-14-20)30-17-22-21-15-24(27-4)26(22,18-28)16-23(21)29/h5-14,21-22,24,28H,15-18H2,1-3H3. The zero-order valence-electron chi connectivity index (χ0n) is 18.5. The van der Waals surface area contributed by atoms with Crippen LogP contribution in [0.15, 0.2) is 60.7 Å². The normalized spacial score (nSPS) is 28.0. The zero-order valence-corrected chi connectivity index (χ0v) is 19.5. The minimum atomic E-state index is -2.72. The van der Waals surface area contributed by atoms with Gasteiger partial charge in [0.15, 0.2) is 0 Å². The van der Waals surface area contributed by atoms with E-state index in [1.165, 1.54) is 10.4 Å². The molecule has 2 bridgehead atoms. The summed E-state index contributed by atoms with van der Waals surface area (Å²) in [5.41, 5.74) is -0.658. The molecule has 1 N–H and O–H groups in total. The van der Waals surface area contributed by atoms with Gasteiger partial charge in [-0.05, 0) is 15.4 Å². The van der Waals surface area contributed by atoms with Gasteiger partial charge >= 0.3 is 0 Å². The van der Waals surface area contributed by atoms with Crippen molar-refractivity contribution in [3.8, 4) is 0 Å². The van der Waals surface area contributed by atoms with E-state index in [1.807, 2.05) is 12.1 Å². The van der Waals surface area contributed by atoms with Crippen LogP contribution < -0.4 is 10.4 Å². The Balaban J connectivity index is 1.78. The van der Waals surface area contributed by atoms with Crippen LogP contribution in [0.1, 0.15) is 33.6 Å². The summed E-state index contributed by atoms with van der Waals surface area (Å²) in [6.07, 6.45) is 0.855. The number of carbonyl (C=O) groups excluding carboxylic acids is 1. The van der Waals surface area contributed by atoms with Gasteiger partial charge in [0, 0.05) is 31.3 Å². The lowest BCUT2D eigenvalue weighted by atomic mass is 9.76. The predicted octanol–water partition coefficient (Wildman–Crippen LogP) is 3.44. The molecule has 4 atom stereocenters. The predicted molar refractivity (Wildman–Crippen MR) is 125 cm³/mol. The summed E-state index contributed by atoms with van der Waals surface area (Å²) in [6, 6.07) is 20.6. The van der Waals surface area contributed by atoms with Gasteiger partial charge in [0.25, 0.3) is 8.32 Å². The van der Waals surface area contributed by atoms with Gasteiger partial charge in [-0.1, -0.05) is 81.4 Å². The van der Waals surface area contributed by atoms with Crippen molar-refractivity contribution in [2.24, 2.45) is 17.3 Å². The van der Waals surface area contributed by atoms with Crippen molar-refractivity contribution in [2.45, 2.75) is 44.7 Å². The van der Waals surface area contributed by atoms with Gasteiger partial charge in [0.2, 0.25) is 6.04 Å². The maximum atomic E-state index is 12.7. The van der Waals surface area contributed by atoms with E-state index in [0.717, 1.165) is 0 Å². The maximum Gasteiger partial charge on any atom is 0.261 e. The Labute approximate surface area is 186 Å². The zero-order chi connectivity index (χ0) is 22.3. The third-order valence-electron chi connectivity index (χ3n) is 7.63. The Morgan fingerprint density at radius 2 is 1.65 bits per heavy atom. The minimum Gasteiger partial charge on any atom is -0.407 e. The molecule has 31 heavy (non-hydrogen) atoms. The van der Waals surface area contributed by atoms with Crippen molar-refractivity contribution in [3.63, 3.8) is 0 Å². The van der Waals surface area contributed by atoms with E-state index < -0.39 is 13.7 Å². The van der Waals surface area contributed by atoms with Crippen LogP contribution in [0.2, 0.25) is 5.04 Å². The number of Topliss-reactive ketones (excluding diaryl/α,β-unsaturated/α-hetero) is 1. The molecule has 0 heterocycles. The Hall–Kier alpha value is -2.26. The number of aliphatic hydroxyl groups is 1. The molecule has 2 aliphatic carbocycles. The van der Waals surface area contributed by atoms with Gasteiger partial charge in [-0.25, -0.2) is 6.57 Å². The summed E-state index contributed by atoms with van der Waals surface area (Å²) in [5, 5.41) is 12.6. The SMILES string of the molecule is [C-]#[N+]C1CC2C(=O)CC1(CO)C2CO[Si](c1ccccc1)(c1ccccc1)C(C)(C)C. The number of ketones is 1. The Kier molecular flexibility index (Phi) is 5.68. The molecule has 4 nitrogen and oxygen atoms in total. The molecular weight excluding hydrogens is 402 g/mol. The summed E-state index contributed by atoms with van der Waals surface area (Å²) in [4.78, 5) is 16.5. The van der Waals surface area contributed by atoms with E-state index in [-0.39, 0.29) is 35.3 Å². The summed E-state index contributed by atoms with van der Waals surface area (Å²) in [5.74, 6) is -0.0970. The molecule has 162 valence electrons. The molecule has 0 aromatic heterocycles. The topological polar surface area (TPSA) is 50.9 Å². The van der Waals surface area contributed by atoms with Gasteiger partial charge in [-0.2, -0.15) is 0 Å². The first-order valence-electron chi connectivity index (χ1n) is 11.1. The molecule has 0 amide bonds. The highest BCUT2D eigenvalue weighted by molar-refractivity contribution is 6.99. The highest BCUT2D eigenvalue weighted by atomic mass is 28.4. The lowest BCUT2D eigenvalue weighted by Gasteiger charge is -2.44. The molecule has 5 heteroatoms. The van der Waals surface area contributed by atoms with Gasteiger partial charge in [0.05, 0.1) is 12.0 Å². The van der Waals surface area contributed by atoms with E-state index in [9.17, 15) is 9.90 Å². The van der Waals surface area contributed by atoms with Crippen molar-refractivity contribution in [2.75, 3.05) is 13.2 Å². The quantitative estimate of drug-likeness (QED) is 0.561. The van der Waals surface area contributed by atoms with Crippen molar-refractivity contribution in [1.29, 1.82) is 0 Å². The first kappa shape index (κ1) is 21.9. The van der Waals surface area contributed by atoms with E-state index in [0.29, 0.717) is 19.4 Å². The maximum absolute atomic E-state index is 12.7. The monoisotopic (exact) mass is 433 g/mol. The van der Waals surface area contributed by atoms with E-state index in [4.69, 9.17) is 11.0 Å². The van der Waals surface area contributed by atoms with Crippen molar-refractivity contribution in [1.82, 2.24) is 0 Å². The molecule has 2 aromatic rings. The number of fused-ring (bicyclic) bond motifs is 2. The summed E-state index contributed by atoms with van der Waals surface area (Å²) < 4.78 is 7.07. The van der Waals surface area contributed by atoms with Crippen LogP contribution in [0.4, 0.5) is 0 Å². The third-order valence-corrected chi connectivity index (χ3v) is 12.6. The fraction of sp³-hybridized carbons (Fsp3) is 0.462. The number of carbonyl (C=O) groups is 1. The molecule has 0 spiro atoms. The fourth-order valence-corrected chi connectivity index (χ4v) is 10.7. The second-order valence-corrected chi connectivity index (χ2v) is 14.4. The number of rotatable bonds is 6. The fourth-order valence-electron chi connectivity index (χ4n) is 6.07. The largest absolute Gasteiger partial charge is 0.407 e. The molecule has 0 saturated heterocycles. The number of benzene rings is 2. The number of nitrogens with zero attached hydrogens (tertiary/aromatic N) is 1. The molecule has 0 radical (unpaired) electrons. The van der Waals surface area contributed by atoms with Crippen LogP contribution in [0.25, 0.3) is 4.85 Å². The molecule has 2 fully saturated rings. The van der Waals surface area contributed by atoms with Crippen molar-refractivity contribution in [3.05, 3.63) is 72.1 Å². The summed E-state index contributed by atoms with van der Waals surface area (Å²) >= 11 is 0. The van der Waals surface area contributed by atoms with Gasteiger partial charge in [-0.3, -0.25) is 4.79 Å². The summed E-state index contributed by atoms with van der Waals surface area (Å²) in [7, 11) is -2.72. The van der Waals surface area contributed by atoms with Crippen LogP contribution in [0.3, 0.4) is 0 Å². The lowest BCUT2D eigenvalue weighted by Crippen LogP contribution is -2.67. The second kappa shape index (κ2) is 8.02. The first-order valence-corrected chi connectivity index (χ1v) is 13.0. The average molecular weight is 434 g/mol. The molecule has 2 aliphatic rings. The van der Waals surface area contributed by atoms with Crippen LogP contribution in [-0.4, -0.2) is 38.5 Å². The first-order chi connectivity index (χ1) is 14.8. The molecule has 0 aliphatic heterocycles. The molecule has 4 unspecified atom stereocenters. The van der Waals surface area contributed by atoms with Crippen LogP contribution in [0, 0.1) is 23.8 Å². The number of aliphatic hydroxyl groups excluding tert-OH is 1. The van der Waals surface area contributed by atoms with Crippen molar-refractivity contribution < 1.29 is 14.3 Å². The molecule has 4 rings (SSSR count). The highest BCUT2D eigenvalue weighted by Crippen LogP contribution is 2.58. The van der Waals surface area contributed by atoms with Crippen LogP contribution >= 0.6 is 0 Å². The Morgan fingerprint density at radius 1 is 1.10 bits per heavy atom. The Morgan fingerprint density at radius 3 is 2.10 bits per heavy atom. The molecule has 2 aromatic carbocycles. The van der Waals surface area contributed by atoms with Crippen LogP contribution in [-0.2, 0) is 9.22 Å². The van der Waals surface area contributed by atoms with Gasteiger partial charge in [-0.15, -0.1) is 0 Å². The minimum absolute atomic E-state index is 0.106. The van der Waals surface area contributed by atoms with Gasteiger partial charge < -0.3 is 14.4 Å². The number of hydrogen-bond acceptors (Lipinski definition) is 3. The van der Waals surface area contributed by atoms with Crippen LogP contribution in [0.5, 0.6) is 0 Å². The second-order valence-electron chi connectivity index (χ2n) is 10.1. The smallest absolute Gasteiger partial charge is 0.261 e. The number of hydrogen-bond donors (Lipinski definition) is 1. The molecular formula is C26H31NO3Si. The highest BCUT2D eigenvalue weighted by Gasteiger charge is 2.67. The van der Waals surface area contributed by atoms with E-state index in [1.54, 1.807) is 0 Å². The third kappa shape index (κ3) is 3.29. The summed E-state index contributed by atoms with van der Waals surface area (Å²) in [6.45, 7) is 14.6.